The fourth-order valence-electron chi connectivity index (χ4n) is 4.29. The van der Waals surface area contributed by atoms with E-state index in [1.54, 1.807) is 12.1 Å². The number of hydrogen-bond acceptors (Lipinski definition) is 8. The smallest absolute Gasteiger partial charge is 0.309 e. The Morgan fingerprint density at radius 1 is 0.824 bits per heavy atom. The first-order valence-corrected chi connectivity index (χ1v) is 11.3. The molecule has 2 aromatic carbocycles. The van der Waals surface area contributed by atoms with Crippen molar-refractivity contribution in [3.05, 3.63) is 47.5 Å². The predicted octanol–water partition coefficient (Wildman–Crippen LogP) is 0.865. The Balaban J connectivity index is 1.20. The van der Waals surface area contributed by atoms with Crippen LogP contribution >= 0.6 is 0 Å². The highest BCUT2D eigenvalue weighted by molar-refractivity contribution is 6.35. The Hall–Kier alpha value is -3.50. The van der Waals surface area contributed by atoms with Gasteiger partial charge in [-0.3, -0.25) is 14.5 Å². The van der Waals surface area contributed by atoms with Gasteiger partial charge in [-0.1, -0.05) is 12.1 Å². The predicted molar refractivity (Wildman–Crippen MR) is 122 cm³/mol. The van der Waals surface area contributed by atoms with Crippen molar-refractivity contribution in [1.82, 2.24) is 20.4 Å². The molecule has 3 aliphatic heterocycles. The molecule has 0 aromatic heterocycles. The van der Waals surface area contributed by atoms with E-state index in [-0.39, 0.29) is 26.2 Å². The maximum absolute atomic E-state index is 12.6. The lowest BCUT2D eigenvalue weighted by Gasteiger charge is -2.38. The summed E-state index contributed by atoms with van der Waals surface area (Å²) in [6.45, 7) is 4.51. The van der Waals surface area contributed by atoms with Crippen molar-refractivity contribution in [3.63, 3.8) is 0 Å². The molecule has 1 unspecified atom stereocenters. The molecule has 0 spiro atoms. The Morgan fingerprint density at radius 2 is 1.44 bits per heavy atom. The Kier molecular flexibility index (Phi) is 6.41. The second kappa shape index (κ2) is 9.78. The number of fused-ring (bicyclic) bond motifs is 2. The number of amides is 2. The van der Waals surface area contributed by atoms with Gasteiger partial charge in [0.2, 0.25) is 13.6 Å². The highest BCUT2D eigenvalue weighted by Crippen LogP contribution is 2.35. The molecule has 1 fully saturated rings. The summed E-state index contributed by atoms with van der Waals surface area (Å²) in [5, 5.41) is 5.48. The summed E-state index contributed by atoms with van der Waals surface area (Å²) in [5.74, 6) is 1.37. The first kappa shape index (κ1) is 22.3. The van der Waals surface area contributed by atoms with Crippen molar-refractivity contribution < 1.29 is 28.5 Å². The van der Waals surface area contributed by atoms with Gasteiger partial charge < -0.3 is 34.5 Å². The largest absolute Gasteiger partial charge is 0.454 e. The molecular weight excluding hydrogens is 440 g/mol. The summed E-state index contributed by atoms with van der Waals surface area (Å²) >= 11 is 0. The molecule has 10 heteroatoms. The molecule has 2 N–H and O–H groups in total. The van der Waals surface area contributed by atoms with E-state index in [2.05, 4.69) is 27.5 Å². The molecule has 3 aliphatic rings. The van der Waals surface area contributed by atoms with E-state index in [4.69, 9.17) is 18.9 Å². The molecular formula is C24H28N4O6. The number of nitrogens with zero attached hydrogens (tertiary/aromatic N) is 2. The lowest BCUT2D eigenvalue weighted by molar-refractivity contribution is -0.139. The van der Waals surface area contributed by atoms with Gasteiger partial charge >= 0.3 is 11.8 Å². The lowest BCUT2D eigenvalue weighted by Crippen LogP contribution is -2.49. The van der Waals surface area contributed by atoms with Crippen LogP contribution in [-0.4, -0.2) is 75.0 Å². The average Bonchev–Trinajstić information content (AvgIpc) is 3.52. The van der Waals surface area contributed by atoms with Crippen molar-refractivity contribution in [2.24, 2.45) is 0 Å². The van der Waals surface area contributed by atoms with Gasteiger partial charge in [0.15, 0.2) is 23.0 Å². The third-order valence-electron chi connectivity index (χ3n) is 6.31. The summed E-state index contributed by atoms with van der Waals surface area (Å²) in [7, 11) is 2.10. The van der Waals surface area contributed by atoms with Crippen LogP contribution in [-0.2, 0) is 16.1 Å². The molecule has 10 nitrogen and oxygen atoms in total. The van der Waals surface area contributed by atoms with E-state index in [0.717, 1.165) is 37.3 Å². The second-order valence-electron chi connectivity index (χ2n) is 8.55. The van der Waals surface area contributed by atoms with Gasteiger partial charge in [-0.15, -0.1) is 0 Å². The van der Waals surface area contributed by atoms with Crippen LogP contribution in [0.3, 0.4) is 0 Å². The number of ether oxygens (including phenoxy) is 4. The van der Waals surface area contributed by atoms with Crippen LogP contribution in [0.5, 0.6) is 23.0 Å². The molecule has 180 valence electrons. The first-order valence-electron chi connectivity index (χ1n) is 11.3. The summed E-state index contributed by atoms with van der Waals surface area (Å²) < 4.78 is 21.6. The van der Waals surface area contributed by atoms with E-state index in [1.807, 2.05) is 24.3 Å². The Morgan fingerprint density at radius 3 is 2.18 bits per heavy atom. The number of carbonyl (C=O) groups excluding carboxylic acids is 2. The molecule has 0 bridgehead atoms. The zero-order valence-corrected chi connectivity index (χ0v) is 19.0. The molecule has 3 heterocycles. The van der Waals surface area contributed by atoms with Gasteiger partial charge in [-0.2, -0.15) is 0 Å². The molecule has 34 heavy (non-hydrogen) atoms. The summed E-state index contributed by atoms with van der Waals surface area (Å²) in [5.41, 5.74) is 1.83. The number of likely N-dealkylation sites (N-methyl/N-ethyl adjacent to an activating group) is 1. The fraction of sp³-hybridized carbons (Fsp3) is 0.417. The molecule has 0 aliphatic carbocycles. The zero-order valence-electron chi connectivity index (χ0n) is 19.0. The van der Waals surface area contributed by atoms with Crippen LogP contribution in [0, 0.1) is 0 Å². The number of rotatable bonds is 6. The third-order valence-corrected chi connectivity index (χ3v) is 6.31. The number of hydrogen-bond donors (Lipinski definition) is 2. The van der Waals surface area contributed by atoms with Crippen LogP contribution in [0.1, 0.15) is 17.2 Å². The number of benzene rings is 2. The average molecular weight is 469 g/mol. The molecule has 0 radical (unpaired) electrons. The van der Waals surface area contributed by atoms with Gasteiger partial charge in [-0.25, -0.2) is 0 Å². The number of piperazine rings is 1. The standard InChI is InChI=1S/C24H28N4O6/c1-27-6-8-28(9-7-27)18(17-3-5-20-22(11-17)34-15-32-20)13-26-24(30)23(29)25-12-16-2-4-19-21(10-16)33-14-31-19/h2-5,10-11,18H,6-9,12-15H2,1H3,(H,25,29)(H,26,30). The van der Waals surface area contributed by atoms with Crippen molar-refractivity contribution in [3.8, 4) is 23.0 Å². The van der Waals surface area contributed by atoms with Gasteiger partial charge in [0, 0.05) is 39.3 Å². The first-order chi connectivity index (χ1) is 16.6. The number of nitrogens with one attached hydrogen (secondary N) is 2. The van der Waals surface area contributed by atoms with E-state index in [9.17, 15) is 9.59 Å². The summed E-state index contributed by atoms with van der Waals surface area (Å²) in [4.78, 5) is 29.6. The summed E-state index contributed by atoms with van der Waals surface area (Å²) in [6, 6.07) is 11.2. The van der Waals surface area contributed by atoms with E-state index in [1.165, 1.54) is 0 Å². The fourth-order valence-corrected chi connectivity index (χ4v) is 4.29. The van der Waals surface area contributed by atoms with Gasteiger partial charge in [0.05, 0.1) is 6.04 Å². The SMILES string of the molecule is CN1CCN(C(CNC(=O)C(=O)NCc2ccc3c(c2)OCO3)c2ccc3c(c2)OCO3)CC1. The molecule has 1 atom stereocenters. The van der Waals surface area contributed by atoms with E-state index < -0.39 is 11.8 Å². The Bertz CT molecular complexity index is 1070. The van der Waals surface area contributed by atoms with Crippen molar-refractivity contribution in [2.45, 2.75) is 12.6 Å². The molecule has 5 rings (SSSR count). The van der Waals surface area contributed by atoms with Crippen LogP contribution in [0.2, 0.25) is 0 Å². The zero-order chi connectivity index (χ0) is 23.5. The van der Waals surface area contributed by atoms with Crippen LogP contribution < -0.4 is 29.6 Å². The van der Waals surface area contributed by atoms with Crippen LogP contribution in [0.15, 0.2) is 36.4 Å². The molecule has 1 saturated heterocycles. The van der Waals surface area contributed by atoms with Gasteiger partial charge in [0.1, 0.15) is 0 Å². The molecule has 2 amide bonds. The van der Waals surface area contributed by atoms with Crippen molar-refractivity contribution in [1.29, 1.82) is 0 Å². The van der Waals surface area contributed by atoms with E-state index in [0.29, 0.717) is 29.5 Å². The highest BCUT2D eigenvalue weighted by Gasteiger charge is 2.27. The topological polar surface area (TPSA) is 102 Å². The van der Waals surface area contributed by atoms with Crippen LogP contribution in [0.4, 0.5) is 0 Å². The minimum Gasteiger partial charge on any atom is -0.454 e. The maximum atomic E-state index is 12.6. The molecule has 0 saturated carbocycles. The number of carbonyl (C=O) groups is 2. The highest BCUT2D eigenvalue weighted by atomic mass is 16.7. The van der Waals surface area contributed by atoms with Crippen molar-refractivity contribution in [2.75, 3.05) is 53.4 Å². The summed E-state index contributed by atoms with van der Waals surface area (Å²) in [6.07, 6.45) is 0. The second-order valence-corrected chi connectivity index (χ2v) is 8.55. The quantitative estimate of drug-likeness (QED) is 0.603. The lowest BCUT2D eigenvalue weighted by atomic mass is 10.0. The molecule has 2 aromatic rings. The van der Waals surface area contributed by atoms with Gasteiger partial charge in [0.25, 0.3) is 0 Å². The Labute approximate surface area is 197 Å². The van der Waals surface area contributed by atoms with Gasteiger partial charge in [-0.05, 0) is 42.4 Å². The monoisotopic (exact) mass is 468 g/mol. The maximum Gasteiger partial charge on any atom is 0.309 e. The van der Waals surface area contributed by atoms with E-state index >= 15 is 0 Å². The normalized spacial score (nSPS) is 17.9. The minimum absolute atomic E-state index is 0.0891. The van der Waals surface area contributed by atoms with Crippen LogP contribution in [0.25, 0.3) is 0 Å². The van der Waals surface area contributed by atoms with Crippen molar-refractivity contribution >= 4 is 11.8 Å². The third kappa shape index (κ3) is 4.87. The minimum atomic E-state index is -0.680.